The van der Waals surface area contributed by atoms with Crippen LogP contribution in [0.25, 0.3) is 0 Å². The van der Waals surface area contributed by atoms with E-state index in [1.807, 2.05) is 31.2 Å². The quantitative estimate of drug-likeness (QED) is 0.778. The van der Waals surface area contributed by atoms with Crippen LogP contribution >= 0.6 is 22.6 Å². The highest BCUT2D eigenvalue weighted by Gasteiger charge is 2.12. The molecule has 0 saturated heterocycles. The minimum atomic E-state index is -0.164. The summed E-state index contributed by atoms with van der Waals surface area (Å²) in [6.07, 6.45) is 0. The first-order valence-electron chi connectivity index (χ1n) is 6.42. The molecule has 2 amide bonds. The molecule has 108 valence electrons. The third-order valence-corrected chi connectivity index (χ3v) is 3.95. The highest BCUT2D eigenvalue weighted by atomic mass is 127. The molecule has 0 unspecified atom stereocenters. The Morgan fingerprint density at radius 2 is 1.57 bits per heavy atom. The van der Waals surface area contributed by atoms with E-state index in [1.165, 1.54) is 6.92 Å². The van der Waals surface area contributed by atoms with Gasteiger partial charge in [-0.05, 0) is 59.3 Å². The summed E-state index contributed by atoms with van der Waals surface area (Å²) in [6.45, 7) is 3.31. The summed E-state index contributed by atoms with van der Waals surface area (Å²) in [6, 6.07) is 12.8. The van der Waals surface area contributed by atoms with E-state index in [0.29, 0.717) is 16.9 Å². The Morgan fingerprint density at radius 1 is 0.952 bits per heavy atom. The fraction of sp³-hybridized carbons (Fsp3) is 0.125. The molecule has 0 saturated carbocycles. The van der Waals surface area contributed by atoms with Crippen LogP contribution in [-0.4, -0.2) is 11.8 Å². The van der Waals surface area contributed by atoms with Crippen LogP contribution < -0.4 is 10.6 Å². The van der Waals surface area contributed by atoms with Crippen molar-refractivity contribution in [2.45, 2.75) is 13.8 Å². The molecular formula is C16H15IN2O2. The van der Waals surface area contributed by atoms with Crippen LogP contribution in [0.15, 0.2) is 42.5 Å². The Labute approximate surface area is 137 Å². The minimum absolute atomic E-state index is 0.140. The summed E-state index contributed by atoms with van der Waals surface area (Å²) in [4.78, 5) is 23.5. The fourth-order valence-corrected chi connectivity index (χ4v) is 2.56. The van der Waals surface area contributed by atoms with E-state index in [9.17, 15) is 9.59 Å². The normalized spacial score (nSPS) is 10.0. The van der Waals surface area contributed by atoms with Gasteiger partial charge in [-0.25, -0.2) is 0 Å². The van der Waals surface area contributed by atoms with E-state index in [4.69, 9.17) is 0 Å². The largest absolute Gasteiger partial charge is 0.326 e. The van der Waals surface area contributed by atoms with Gasteiger partial charge in [-0.3, -0.25) is 9.59 Å². The first kappa shape index (κ1) is 15.5. The van der Waals surface area contributed by atoms with Crippen molar-refractivity contribution in [2.75, 3.05) is 10.6 Å². The van der Waals surface area contributed by atoms with Crippen LogP contribution in [0.2, 0.25) is 0 Å². The van der Waals surface area contributed by atoms with Gasteiger partial charge in [-0.1, -0.05) is 18.2 Å². The van der Waals surface area contributed by atoms with Gasteiger partial charge >= 0.3 is 0 Å². The lowest BCUT2D eigenvalue weighted by atomic mass is 10.1. The predicted molar refractivity (Wildman–Crippen MR) is 92.6 cm³/mol. The van der Waals surface area contributed by atoms with Crippen molar-refractivity contribution in [3.05, 3.63) is 57.2 Å². The molecule has 2 rings (SSSR count). The molecule has 0 radical (unpaired) electrons. The number of anilines is 2. The van der Waals surface area contributed by atoms with Gasteiger partial charge < -0.3 is 10.6 Å². The summed E-state index contributed by atoms with van der Waals surface area (Å²) in [5.74, 6) is -0.303. The molecule has 2 N–H and O–H groups in total. The monoisotopic (exact) mass is 394 g/mol. The molecule has 0 aliphatic rings. The van der Waals surface area contributed by atoms with Crippen LogP contribution in [-0.2, 0) is 4.79 Å². The van der Waals surface area contributed by atoms with E-state index in [2.05, 4.69) is 33.2 Å². The van der Waals surface area contributed by atoms with E-state index in [1.54, 1.807) is 18.2 Å². The first-order valence-corrected chi connectivity index (χ1v) is 7.50. The number of rotatable bonds is 3. The molecule has 0 aliphatic carbocycles. The lowest BCUT2D eigenvalue weighted by Gasteiger charge is -2.13. The van der Waals surface area contributed by atoms with Crippen LogP contribution in [0, 0.1) is 10.5 Å². The number of hydrogen-bond acceptors (Lipinski definition) is 2. The third kappa shape index (κ3) is 3.81. The summed E-state index contributed by atoms with van der Waals surface area (Å²) < 4.78 is 0.892. The average molecular weight is 394 g/mol. The summed E-state index contributed by atoms with van der Waals surface area (Å²) in [5.41, 5.74) is 2.84. The zero-order valence-electron chi connectivity index (χ0n) is 11.7. The first-order chi connectivity index (χ1) is 9.99. The van der Waals surface area contributed by atoms with Gasteiger partial charge in [-0.15, -0.1) is 0 Å². The van der Waals surface area contributed by atoms with Crippen molar-refractivity contribution in [2.24, 2.45) is 0 Å². The predicted octanol–water partition coefficient (Wildman–Crippen LogP) is 3.81. The zero-order valence-corrected chi connectivity index (χ0v) is 13.9. The number of benzene rings is 2. The molecule has 0 atom stereocenters. The Balaban J connectivity index is 2.26. The summed E-state index contributed by atoms with van der Waals surface area (Å²) in [7, 11) is 0. The highest BCUT2D eigenvalue weighted by molar-refractivity contribution is 14.1. The molecule has 0 aliphatic heterocycles. The molecule has 0 spiro atoms. The van der Waals surface area contributed by atoms with Gasteiger partial charge in [-0.2, -0.15) is 0 Å². The SMILES string of the molecule is CC(=O)Nc1cccc(NC(=O)c2ccccc2I)c1C. The van der Waals surface area contributed by atoms with Crippen LogP contribution in [0.4, 0.5) is 11.4 Å². The van der Waals surface area contributed by atoms with Crippen molar-refractivity contribution >= 4 is 45.8 Å². The Bertz CT molecular complexity index is 698. The van der Waals surface area contributed by atoms with Gasteiger partial charge in [0.1, 0.15) is 0 Å². The summed E-state index contributed by atoms with van der Waals surface area (Å²) in [5, 5.41) is 5.63. The van der Waals surface area contributed by atoms with E-state index in [0.717, 1.165) is 9.13 Å². The maximum atomic E-state index is 12.3. The minimum Gasteiger partial charge on any atom is -0.326 e. The lowest BCUT2D eigenvalue weighted by Crippen LogP contribution is -2.15. The van der Waals surface area contributed by atoms with Crippen LogP contribution in [0.5, 0.6) is 0 Å². The topological polar surface area (TPSA) is 58.2 Å². The zero-order chi connectivity index (χ0) is 15.4. The second-order valence-corrected chi connectivity index (χ2v) is 5.76. The molecule has 4 nitrogen and oxygen atoms in total. The number of amides is 2. The highest BCUT2D eigenvalue weighted by Crippen LogP contribution is 2.24. The van der Waals surface area contributed by atoms with Gasteiger partial charge in [0.2, 0.25) is 5.91 Å². The molecule has 2 aromatic carbocycles. The Hall–Kier alpha value is -1.89. The molecule has 0 heterocycles. The van der Waals surface area contributed by atoms with E-state index in [-0.39, 0.29) is 11.8 Å². The smallest absolute Gasteiger partial charge is 0.256 e. The van der Waals surface area contributed by atoms with E-state index < -0.39 is 0 Å². The fourth-order valence-electron chi connectivity index (χ4n) is 1.93. The Morgan fingerprint density at radius 3 is 2.19 bits per heavy atom. The van der Waals surface area contributed by atoms with Crippen molar-refractivity contribution in [1.29, 1.82) is 0 Å². The maximum Gasteiger partial charge on any atom is 0.256 e. The van der Waals surface area contributed by atoms with Crippen molar-refractivity contribution < 1.29 is 9.59 Å². The van der Waals surface area contributed by atoms with Gasteiger partial charge in [0, 0.05) is 21.9 Å². The molecule has 21 heavy (non-hydrogen) atoms. The summed E-state index contributed by atoms with van der Waals surface area (Å²) >= 11 is 2.13. The Kier molecular flexibility index (Phi) is 4.95. The second-order valence-electron chi connectivity index (χ2n) is 4.59. The third-order valence-electron chi connectivity index (χ3n) is 3.01. The van der Waals surface area contributed by atoms with Gasteiger partial charge in [0.25, 0.3) is 5.91 Å². The molecule has 0 aromatic heterocycles. The van der Waals surface area contributed by atoms with Crippen molar-refractivity contribution in [3.63, 3.8) is 0 Å². The number of carbonyl (C=O) groups excluding carboxylic acids is 2. The van der Waals surface area contributed by atoms with Gasteiger partial charge in [0.05, 0.1) is 5.56 Å². The van der Waals surface area contributed by atoms with Crippen LogP contribution in [0.3, 0.4) is 0 Å². The molecule has 0 fully saturated rings. The van der Waals surface area contributed by atoms with E-state index >= 15 is 0 Å². The molecular weight excluding hydrogens is 379 g/mol. The number of nitrogens with one attached hydrogen (secondary N) is 2. The number of halogens is 1. The van der Waals surface area contributed by atoms with Crippen molar-refractivity contribution in [3.8, 4) is 0 Å². The molecule has 0 bridgehead atoms. The standard InChI is InChI=1S/C16H15IN2O2/c1-10-14(18-11(2)20)8-5-9-15(10)19-16(21)12-6-3-4-7-13(12)17/h3-9H,1-2H3,(H,18,20)(H,19,21). The molecule has 2 aromatic rings. The maximum absolute atomic E-state index is 12.3. The lowest BCUT2D eigenvalue weighted by molar-refractivity contribution is -0.114. The van der Waals surface area contributed by atoms with Gasteiger partial charge in [0.15, 0.2) is 0 Å². The van der Waals surface area contributed by atoms with Crippen molar-refractivity contribution in [1.82, 2.24) is 0 Å². The number of hydrogen-bond donors (Lipinski definition) is 2. The second kappa shape index (κ2) is 6.71. The van der Waals surface area contributed by atoms with Crippen LogP contribution in [0.1, 0.15) is 22.8 Å². The average Bonchev–Trinajstić information content (AvgIpc) is 2.43. The molecule has 5 heteroatoms. The number of carbonyl (C=O) groups is 2.